The molecule has 0 amide bonds. The molecule has 0 atom stereocenters. The second-order valence-electron chi connectivity index (χ2n) is 6.80. The van der Waals surface area contributed by atoms with Crippen LogP contribution in [0, 0.1) is 18.2 Å². The van der Waals surface area contributed by atoms with E-state index in [1.54, 1.807) is 6.07 Å². The lowest BCUT2D eigenvalue weighted by molar-refractivity contribution is 0.626. The quantitative estimate of drug-likeness (QED) is 0.316. The normalized spacial score (nSPS) is 10.2. The zero-order valence-electron chi connectivity index (χ0n) is 17.9. The van der Waals surface area contributed by atoms with Crippen molar-refractivity contribution in [2.75, 3.05) is 10.6 Å². The third-order valence-electron chi connectivity index (χ3n) is 4.63. The second kappa shape index (κ2) is 10.3. The van der Waals surface area contributed by atoms with Crippen LogP contribution in [0.3, 0.4) is 0 Å². The van der Waals surface area contributed by atoms with E-state index < -0.39 is 0 Å². The van der Waals surface area contributed by atoms with Gasteiger partial charge in [0.2, 0.25) is 0 Å². The molecule has 0 bridgehead atoms. The number of aromatic nitrogens is 2. The highest BCUT2D eigenvalue weighted by molar-refractivity contribution is 5.92. The lowest BCUT2D eigenvalue weighted by Crippen LogP contribution is -2.03. The molecule has 0 spiro atoms. The third kappa shape index (κ3) is 5.42. The van der Waals surface area contributed by atoms with Gasteiger partial charge in [0.1, 0.15) is 18.0 Å². The van der Waals surface area contributed by atoms with Crippen molar-refractivity contribution in [3.8, 4) is 0 Å². The Morgan fingerprint density at radius 3 is 2.61 bits per heavy atom. The van der Waals surface area contributed by atoms with E-state index >= 15 is 0 Å². The molecule has 0 unspecified atom stereocenters. The topological polar surface area (TPSA) is 73.7 Å². The fourth-order valence-corrected chi connectivity index (χ4v) is 3.17. The molecule has 1 heterocycles. The first-order valence-corrected chi connectivity index (χ1v) is 10.2. The molecule has 0 aliphatic rings. The monoisotopic (exact) mass is 415 g/mol. The van der Waals surface area contributed by atoms with Gasteiger partial charge in [-0.3, -0.25) is 0 Å². The summed E-state index contributed by atoms with van der Waals surface area (Å²) in [4.78, 5) is 8.68. The van der Waals surface area contributed by atoms with Gasteiger partial charge < -0.3 is 16.0 Å². The summed E-state index contributed by atoms with van der Waals surface area (Å²) < 4.78 is 13.4. The van der Waals surface area contributed by atoms with Crippen molar-refractivity contribution in [1.82, 2.24) is 9.97 Å². The highest BCUT2D eigenvalue weighted by Crippen LogP contribution is 2.26. The largest absolute Gasteiger partial charge is 0.380 e. The van der Waals surface area contributed by atoms with Gasteiger partial charge in [0, 0.05) is 35.1 Å². The van der Waals surface area contributed by atoms with Crippen LogP contribution in [0.15, 0.2) is 67.0 Å². The van der Waals surface area contributed by atoms with Crippen LogP contribution in [-0.2, 0) is 6.54 Å². The molecule has 0 fully saturated rings. The minimum absolute atomic E-state index is 0.261. The third-order valence-corrected chi connectivity index (χ3v) is 4.63. The van der Waals surface area contributed by atoms with Crippen LogP contribution in [-0.4, -0.2) is 16.2 Å². The number of aryl methyl sites for hydroxylation is 1. The Kier molecular flexibility index (Phi) is 7.27. The Morgan fingerprint density at radius 1 is 1.00 bits per heavy atom. The molecule has 0 radical (unpaired) electrons. The number of rotatable bonds is 6. The van der Waals surface area contributed by atoms with Crippen LogP contribution >= 0.6 is 0 Å². The zero-order chi connectivity index (χ0) is 22.2. The molecular weight excluding hydrogens is 389 g/mol. The smallest absolute Gasteiger partial charge is 0.141 e. The number of hydrogen-bond donors (Lipinski definition) is 3. The summed E-state index contributed by atoms with van der Waals surface area (Å²) in [5, 5.41) is 15.3. The first kappa shape index (κ1) is 21.9. The summed E-state index contributed by atoms with van der Waals surface area (Å²) in [6, 6.07) is 18.2. The Bertz CT molecular complexity index is 1190. The number of hydrogen-bond acceptors (Lipinski definition) is 5. The zero-order valence-corrected chi connectivity index (χ0v) is 17.9. The molecule has 6 heteroatoms. The number of fused-ring (bicyclic) bond motifs is 1. The van der Waals surface area contributed by atoms with Crippen molar-refractivity contribution >= 4 is 34.3 Å². The molecular formula is C25H26FN5. The van der Waals surface area contributed by atoms with E-state index in [1.165, 1.54) is 24.7 Å². The fourth-order valence-electron chi connectivity index (χ4n) is 3.17. The van der Waals surface area contributed by atoms with Gasteiger partial charge in [-0.15, -0.1) is 0 Å². The van der Waals surface area contributed by atoms with Gasteiger partial charge in [0.15, 0.2) is 0 Å². The van der Waals surface area contributed by atoms with Crippen molar-refractivity contribution in [1.29, 1.82) is 5.41 Å². The summed E-state index contributed by atoms with van der Waals surface area (Å²) in [7, 11) is 0. The SMILES string of the molecule is CC.Cc1ccc2ncnc(Nc3ccc(NCc4cccc(F)c4)c(C=N)c3)c2c1. The maximum absolute atomic E-state index is 13.4. The van der Waals surface area contributed by atoms with Gasteiger partial charge in [0.05, 0.1) is 5.52 Å². The summed E-state index contributed by atoms with van der Waals surface area (Å²) in [6.45, 7) is 6.50. The van der Waals surface area contributed by atoms with Crippen LogP contribution in [0.5, 0.6) is 0 Å². The highest BCUT2D eigenvalue weighted by atomic mass is 19.1. The van der Waals surface area contributed by atoms with Crippen LogP contribution in [0.25, 0.3) is 10.9 Å². The number of benzene rings is 3. The molecule has 4 aromatic rings. The number of anilines is 3. The van der Waals surface area contributed by atoms with Crippen LogP contribution < -0.4 is 10.6 Å². The molecule has 158 valence electrons. The fraction of sp³-hybridized carbons (Fsp3) is 0.160. The van der Waals surface area contributed by atoms with Gasteiger partial charge in [-0.1, -0.05) is 37.6 Å². The molecule has 4 rings (SSSR count). The molecule has 0 saturated carbocycles. The first-order chi connectivity index (χ1) is 15.1. The Labute approximate surface area is 181 Å². The van der Waals surface area contributed by atoms with E-state index in [0.717, 1.165) is 44.8 Å². The van der Waals surface area contributed by atoms with Crippen molar-refractivity contribution in [3.05, 3.63) is 89.5 Å². The van der Waals surface area contributed by atoms with Crippen molar-refractivity contribution in [2.24, 2.45) is 0 Å². The minimum Gasteiger partial charge on any atom is -0.380 e. The minimum atomic E-state index is -0.261. The average Bonchev–Trinajstić information content (AvgIpc) is 2.80. The maximum Gasteiger partial charge on any atom is 0.141 e. The van der Waals surface area contributed by atoms with Crippen LogP contribution in [0.4, 0.5) is 21.6 Å². The van der Waals surface area contributed by atoms with E-state index in [1.807, 2.05) is 63.2 Å². The van der Waals surface area contributed by atoms with Gasteiger partial charge >= 0.3 is 0 Å². The Morgan fingerprint density at radius 2 is 1.84 bits per heavy atom. The predicted molar refractivity (Wildman–Crippen MR) is 127 cm³/mol. The molecule has 3 aromatic carbocycles. The number of nitrogens with one attached hydrogen (secondary N) is 3. The maximum atomic E-state index is 13.4. The standard InChI is InChI=1S/C23H20FN5.C2H6/c1-15-5-7-22-20(9-15)23(28-14-27-22)29-19-6-8-21(17(11-19)12-25)26-13-16-3-2-4-18(24)10-16;1-2/h2-12,14,25-26H,13H2,1H3,(H,27,28,29);1-2H3. The highest BCUT2D eigenvalue weighted by Gasteiger charge is 2.07. The van der Waals surface area contributed by atoms with Gasteiger partial charge in [-0.25, -0.2) is 14.4 Å². The summed E-state index contributed by atoms with van der Waals surface area (Å²) in [5.41, 5.74) is 5.19. The van der Waals surface area contributed by atoms with E-state index in [2.05, 4.69) is 20.6 Å². The molecule has 0 aliphatic heterocycles. The van der Waals surface area contributed by atoms with Crippen molar-refractivity contribution in [2.45, 2.75) is 27.3 Å². The van der Waals surface area contributed by atoms with Gasteiger partial charge in [0.25, 0.3) is 0 Å². The molecule has 31 heavy (non-hydrogen) atoms. The van der Waals surface area contributed by atoms with Crippen molar-refractivity contribution in [3.63, 3.8) is 0 Å². The lowest BCUT2D eigenvalue weighted by Gasteiger charge is -2.13. The molecule has 0 aliphatic carbocycles. The van der Waals surface area contributed by atoms with Crippen LogP contribution in [0.1, 0.15) is 30.5 Å². The number of nitrogens with zero attached hydrogens (tertiary/aromatic N) is 2. The summed E-state index contributed by atoms with van der Waals surface area (Å²) in [6.07, 6.45) is 2.83. The second-order valence-corrected chi connectivity index (χ2v) is 6.80. The summed E-state index contributed by atoms with van der Waals surface area (Å²) >= 11 is 0. The summed E-state index contributed by atoms with van der Waals surface area (Å²) in [5.74, 6) is 0.457. The van der Waals surface area contributed by atoms with Gasteiger partial charge in [-0.2, -0.15) is 0 Å². The Hall–Kier alpha value is -3.80. The van der Waals surface area contributed by atoms with E-state index in [-0.39, 0.29) is 5.82 Å². The van der Waals surface area contributed by atoms with Crippen LogP contribution in [0.2, 0.25) is 0 Å². The lowest BCUT2D eigenvalue weighted by atomic mass is 10.1. The average molecular weight is 416 g/mol. The van der Waals surface area contributed by atoms with E-state index in [0.29, 0.717) is 6.54 Å². The molecule has 1 aromatic heterocycles. The van der Waals surface area contributed by atoms with E-state index in [4.69, 9.17) is 5.41 Å². The molecule has 0 saturated heterocycles. The molecule has 3 N–H and O–H groups in total. The Balaban J connectivity index is 0.00000132. The predicted octanol–water partition coefficient (Wildman–Crippen LogP) is 6.46. The molecule has 5 nitrogen and oxygen atoms in total. The van der Waals surface area contributed by atoms with Crippen molar-refractivity contribution < 1.29 is 4.39 Å². The van der Waals surface area contributed by atoms with E-state index in [9.17, 15) is 4.39 Å². The number of halogens is 1. The van der Waals surface area contributed by atoms with Gasteiger partial charge in [-0.05, 0) is 55.0 Å². The first-order valence-electron chi connectivity index (χ1n) is 10.2.